The number of benzene rings is 1. The van der Waals surface area contributed by atoms with Gasteiger partial charge in [-0.25, -0.2) is 0 Å². The fraction of sp³-hybridized carbons (Fsp3) is 0.471. The molecule has 2 amide bonds. The first-order valence-electron chi connectivity index (χ1n) is 8.07. The number of amides is 2. The largest absolute Gasteiger partial charge is 1.00 e. The van der Waals surface area contributed by atoms with E-state index in [1.54, 1.807) is 26.0 Å². The van der Waals surface area contributed by atoms with Crippen LogP contribution in [0.3, 0.4) is 0 Å². The zero-order valence-corrected chi connectivity index (χ0v) is 21.1. The van der Waals surface area contributed by atoms with Gasteiger partial charge in [0.25, 0.3) is 5.91 Å². The van der Waals surface area contributed by atoms with E-state index in [0.717, 1.165) is 0 Å². The molecule has 0 aliphatic carbocycles. The smallest absolute Gasteiger partial charge is 0.548 e. The molecule has 0 bridgehead atoms. The van der Waals surface area contributed by atoms with E-state index < -0.39 is 46.1 Å². The van der Waals surface area contributed by atoms with Crippen LogP contribution < -0.4 is 61.8 Å². The molecule has 0 aromatic heterocycles. The summed E-state index contributed by atoms with van der Waals surface area (Å²) < 4.78 is 4.54. The summed E-state index contributed by atoms with van der Waals surface area (Å²) in [4.78, 5) is 37.8. The van der Waals surface area contributed by atoms with Crippen LogP contribution in [0.1, 0.15) is 25.5 Å². The van der Waals surface area contributed by atoms with Crippen LogP contribution in [0.2, 0.25) is 10.0 Å². The van der Waals surface area contributed by atoms with Gasteiger partial charge >= 0.3 is 51.4 Å². The SMILES string of the molecule is COC(C(=O)N[C@@H]1C(=O)N2[C@@H]1SC(C)(C)[C@@H]2C(=O)[O-])c1ccc(Cl)c(Cl)c1.[K+]. The Morgan fingerprint density at radius 2 is 1.96 bits per heavy atom. The normalized spacial score (nSPS) is 26.0. The third-order valence-electron chi connectivity index (χ3n) is 4.68. The number of ether oxygens (including phenoxy) is 1. The number of hydrogen-bond acceptors (Lipinski definition) is 6. The molecule has 11 heteroatoms. The van der Waals surface area contributed by atoms with Crippen molar-refractivity contribution in [2.45, 2.75) is 42.2 Å². The Morgan fingerprint density at radius 1 is 1.32 bits per heavy atom. The molecule has 4 atom stereocenters. The van der Waals surface area contributed by atoms with Gasteiger partial charge in [-0.1, -0.05) is 29.3 Å². The van der Waals surface area contributed by atoms with E-state index in [9.17, 15) is 19.5 Å². The van der Waals surface area contributed by atoms with Crippen LogP contribution in [0.15, 0.2) is 18.2 Å². The van der Waals surface area contributed by atoms with Gasteiger partial charge in [-0.2, -0.15) is 0 Å². The number of fused-ring (bicyclic) bond motifs is 1. The summed E-state index contributed by atoms with van der Waals surface area (Å²) in [5.74, 6) is -2.28. The third kappa shape index (κ3) is 4.28. The Kier molecular flexibility index (Phi) is 7.95. The number of nitrogens with one attached hydrogen (secondary N) is 1. The number of carbonyl (C=O) groups excluding carboxylic acids is 3. The van der Waals surface area contributed by atoms with Gasteiger partial charge < -0.3 is 24.9 Å². The summed E-state index contributed by atoms with van der Waals surface area (Å²) in [6.07, 6.45) is -0.988. The number of methoxy groups -OCH3 is 1. The van der Waals surface area contributed by atoms with E-state index in [1.807, 2.05) is 0 Å². The summed E-state index contributed by atoms with van der Waals surface area (Å²) in [6, 6.07) is 2.81. The van der Waals surface area contributed by atoms with Gasteiger partial charge in [0.05, 0.1) is 22.1 Å². The van der Waals surface area contributed by atoms with Crippen LogP contribution in [-0.2, 0) is 19.1 Å². The van der Waals surface area contributed by atoms with Gasteiger partial charge in [-0.15, -0.1) is 11.8 Å². The second kappa shape index (κ2) is 9.11. The molecule has 28 heavy (non-hydrogen) atoms. The Morgan fingerprint density at radius 3 is 2.50 bits per heavy atom. The molecule has 2 aliphatic rings. The van der Waals surface area contributed by atoms with Gasteiger partial charge in [0.1, 0.15) is 11.4 Å². The molecule has 1 aromatic carbocycles. The second-order valence-electron chi connectivity index (χ2n) is 6.85. The molecule has 2 heterocycles. The van der Waals surface area contributed by atoms with Crippen LogP contribution in [0, 0.1) is 0 Å². The minimum Gasteiger partial charge on any atom is -0.548 e. The Hall–Kier alpha value is 0.156. The monoisotopic (exact) mass is 470 g/mol. The molecule has 3 rings (SSSR count). The van der Waals surface area contributed by atoms with Crippen molar-refractivity contribution in [3.63, 3.8) is 0 Å². The summed E-state index contributed by atoms with van der Waals surface area (Å²) >= 11 is 13.2. The Labute approximate surface area is 219 Å². The minimum atomic E-state index is -1.31. The molecule has 1 aromatic rings. The Bertz CT molecular complexity index is 825. The number of carboxylic acid groups (broad SMARTS) is 1. The van der Waals surface area contributed by atoms with E-state index >= 15 is 0 Å². The predicted molar refractivity (Wildman–Crippen MR) is 99.2 cm³/mol. The van der Waals surface area contributed by atoms with Crippen molar-refractivity contribution in [2.75, 3.05) is 7.11 Å². The molecule has 1 unspecified atom stereocenters. The minimum absolute atomic E-state index is 0. The number of nitrogens with zero attached hydrogens (tertiary/aromatic N) is 1. The molecule has 1 N–H and O–H groups in total. The van der Waals surface area contributed by atoms with Crippen molar-refractivity contribution >= 4 is 52.7 Å². The number of aliphatic carboxylic acids is 1. The number of carboxylic acids is 1. The fourth-order valence-electron chi connectivity index (χ4n) is 3.43. The number of carbonyl (C=O) groups is 3. The van der Waals surface area contributed by atoms with E-state index in [1.165, 1.54) is 29.8 Å². The summed E-state index contributed by atoms with van der Waals surface area (Å²) in [5.41, 5.74) is 0.486. The first-order chi connectivity index (χ1) is 12.6. The van der Waals surface area contributed by atoms with Crippen molar-refractivity contribution < 1.29 is 75.6 Å². The van der Waals surface area contributed by atoms with E-state index in [-0.39, 0.29) is 56.4 Å². The Balaban J connectivity index is 0.00000280. The second-order valence-corrected chi connectivity index (χ2v) is 9.44. The van der Waals surface area contributed by atoms with Crippen molar-refractivity contribution in [3.05, 3.63) is 33.8 Å². The summed E-state index contributed by atoms with van der Waals surface area (Å²) in [6.45, 7) is 3.46. The molecule has 0 spiro atoms. The molecule has 2 aliphatic heterocycles. The summed E-state index contributed by atoms with van der Waals surface area (Å²) in [5, 5.41) is 14.2. The van der Waals surface area contributed by atoms with E-state index in [4.69, 9.17) is 27.9 Å². The number of β-lactam (4-membered cyclic amide) rings is 1. The van der Waals surface area contributed by atoms with Crippen LogP contribution >= 0.6 is 35.0 Å². The first-order valence-corrected chi connectivity index (χ1v) is 9.71. The number of thioether (sulfide) groups is 1. The van der Waals surface area contributed by atoms with Crippen molar-refractivity contribution in [2.24, 2.45) is 0 Å². The maximum atomic E-state index is 12.7. The zero-order chi connectivity index (χ0) is 20.1. The van der Waals surface area contributed by atoms with Crippen LogP contribution in [0.4, 0.5) is 0 Å². The van der Waals surface area contributed by atoms with Gasteiger partial charge in [-0.3, -0.25) is 9.59 Å². The van der Waals surface area contributed by atoms with Crippen molar-refractivity contribution in [3.8, 4) is 0 Å². The molecule has 2 saturated heterocycles. The van der Waals surface area contributed by atoms with Gasteiger partial charge in [-0.05, 0) is 31.5 Å². The molecule has 0 saturated carbocycles. The molecule has 2 fully saturated rings. The number of hydrogen-bond donors (Lipinski definition) is 1. The quantitative estimate of drug-likeness (QED) is 0.394. The molecule has 7 nitrogen and oxygen atoms in total. The predicted octanol–water partition coefficient (Wildman–Crippen LogP) is -2.02. The van der Waals surface area contributed by atoms with Gasteiger partial charge in [0.2, 0.25) is 5.91 Å². The molecular weight excluding hydrogens is 454 g/mol. The van der Waals surface area contributed by atoms with Crippen molar-refractivity contribution in [1.29, 1.82) is 0 Å². The fourth-order valence-corrected chi connectivity index (χ4v) is 5.35. The average molecular weight is 471 g/mol. The van der Waals surface area contributed by atoms with Crippen molar-refractivity contribution in [1.82, 2.24) is 10.2 Å². The molecule has 0 radical (unpaired) electrons. The average Bonchev–Trinajstić information content (AvgIpc) is 2.84. The first kappa shape index (κ1) is 24.4. The maximum absolute atomic E-state index is 12.7. The topological polar surface area (TPSA) is 98.8 Å². The number of halogens is 2. The van der Waals surface area contributed by atoms with E-state index in [0.29, 0.717) is 10.6 Å². The van der Waals surface area contributed by atoms with Gasteiger partial charge in [0.15, 0.2) is 6.10 Å². The van der Waals surface area contributed by atoms with E-state index in [2.05, 4.69) is 5.32 Å². The summed E-state index contributed by atoms with van der Waals surface area (Å²) in [7, 11) is 1.36. The van der Waals surface area contributed by atoms with Crippen LogP contribution in [0.5, 0.6) is 0 Å². The van der Waals surface area contributed by atoms with Crippen LogP contribution in [0.25, 0.3) is 0 Å². The standard InChI is InChI=1S/C17H18Cl2N2O5S.K/c1-17(2)12(16(24)25)21-14(23)10(15(21)27-17)20-13(22)11(26-3)7-4-5-8(18)9(19)6-7;/h4-6,10-12,15H,1-3H3,(H,20,22)(H,24,25);/q;+1/p-1/t10-,11?,12+,15-;/m1./s1. The molecule has 146 valence electrons. The number of rotatable bonds is 5. The van der Waals surface area contributed by atoms with Crippen LogP contribution in [-0.4, -0.2) is 52.0 Å². The molecular formula is C17H17Cl2KN2O5S. The van der Waals surface area contributed by atoms with Gasteiger partial charge in [0, 0.05) is 11.9 Å². The zero-order valence-electron chi connectivity index (χ0n) is 15.7. The maximum Gasteiger partial charge on any atom is 1.00 e. The third-order valence-corrected chi connectivity index (χ3v) is 6.99.